The molecule has 2 amide bonds. The molecule has 178 valence electrons. The van der Waals surface area contributed by atoms with Crippen LogP contribution in [0.5, 0.6) is 0 Å². The number of carboxylic acids is 1. The lowest BCUT2D eigenvalue weighted by molar-refractivity contribution is -0.308. The van der Waals surface area contributed by atoms with Gasteiger partial charge in [0, 0.05) is 0 Å². The van der Waals surface area contributed by atoms with Gasteiger partial charge in [0.05, 0.1) is 24.7 Å². The summed E-state index contributed by atoms with van der Waals surface area (Å²) in [6.45, 7) is 6.92. The highest BCUT2D eigenvalue weighted by atomic mass is 16.6. The summed E-state index contributed by atoms with van der Waals surface area (Å²) in [5, 5.41) is 16.7. The number of amides is 2. The summed E-state index contributed by atoms with van der Waals surface area (Å²) in [6.07, 6.45) is -1.56. The second kappa shape index (κ2) is 12.0. The second-order valence-corrected chi connectivity index (χ2v) is 8.70. The number of benzene rings is 2. The summed E-state index contributed by atoms with van der Waals surface area (Å²) in [4.78, 5) is 37.1. The summed E-state index contributed by atoms with van der Waals surface area (Å²) in [5.41, 5.74) is 0.828. The molecular formula is C25H31N2O6-. The number of ether oxygens (including phenoxy) is 2. The van der Waals surface area contributed by atoms with E-state index in [1.54, 1.807) is 52.0 Å². The smallest absolute Gasteiger partial charge is 0.408 e. The molecule has 8 nitrogen and oxygen atoms in total. The lowest BCUT2D eigenvalue weighted by atomic mass is 10.0. The number of nitrogens with one attached hydrogen (secondary N) is 2. The molecule has 0 saturated heterocycles. The molecule has 0 aromatic heterocycles. The van der Waals surface area contributed by atoms with E-state index in [1.165, 1.54) is 0 Å². The fraction of sp³-hybridized carbons (Fsp3) is 0.400. The van der Waals surface area contributed by atoms with Gasteiger partial charge in [-0.1, -0.05) is 60.7 Å². The summed E-state index contributed by atoms with van der Waals surface area (Å²) in [7, 11) is 0. The summed E-state index contributed by atoms with van der Waals surface area (Å²) in [5.74, 6) is -2.15. The maximum Gasteiger partial charge on any atom is 0.408 e. The topological polar surface area (TPSA) is 117 Å². The largest absolute Gasteiger partial charge is 0.548 e. The number of aliphatic carboxylic acids is 1. The minimum atomic E-state index is -1.43. The molecule has 0 heterocycles. The second-order valence-electron chi connectivity index (χ2n) is 8.70. The van der Waals surface area contributed by atoms with Crippen molar-refractivity contribution in [2.75, 3.05) is 0 Å². The van der Waals surface area contributed by atoms with Crippen molar-refractivity contribution >= 4 is 18.0 Å². The van der Waals surface area contributed by atoms with Crippen LogP contribution in [0.3, 0.4) is 0 Å². The van der Waals surface area contributed by atoms with Crippen molar-refractivity contribution in [2.45, 2.75) is 64.5 Å². The molecule has 2 aromatic carbocycles. The first-order chi connectivity index (χ1) is 15.5. The highest BCUT2D eigenvalue weighted by Gasteiger charge is 2.31. The van der Waals surface area contributed by atoms with Crippen LogP contribution in [0.25, 0.3) is 0 Å². The van der Waals surface area contributed by atoms with Gasteiger partial charge >= 0.3 is 6.09 Å². The van der Waals surface area contributed by atoms with Crippen molar-refractivity contribution < 1.29 is 29.0 Å². The Labute approximate surface area is 194 Å². The van der Waals surface area contributed by atoms with Crippen LogP contribution in [0.15, 0.2) is 60.7 Å². The highest BCUT2D eigenvalue weighted by Crippen LogP contribution is 2.11. The van der Waals surface area contributed by atoms with E-state index in [1.807, 2.05) is 36.4 Å². The zero-order valence-electron chi connectivity index (χ0n) is 19.4. The fourth-order valence-corrected chi connectivity index (χ4v) is 3.03. The lowest BCUT2D eigenvalue weighted by Gasteiger charge is -2.29. The molecule has 0 fully saturated rings. The molecule has 2 N–H and O–H groups in total. The standard InChI is InChI=1S/C25H32N2O6/c1-17(32-16-19-13-9-6-10-14-19)21(27-24(31)33-25(2,3)4)22(28)26-20(23(29)30)15-18-11-7-5-8-12-18/h5-14,17,20-21H,15-16H2,1-4H3,(H,26,28)(H,27,31)(H,29,30)/p-1/t17-,20-,21+/m0/s1. The van der Waals surface area contributed by atoms with Crippen LogP contribution in [0.2, 0.25) is 0 Å². The first-order valence-electron chi connectivity index (χ1n) is 10.8. The number of alkyl carbamates (subject to hydrolysis) is 1. The molecule has 0 unspecified atom stereocenters. The van der Waals surface area contributed by atoms with E-state index in [9.17, 15) is 19.5 Å². The normalized spacial score (nSPS) is 13.9. The molecule has 8 heteroatoms. The van der Waals surface area contributed by atoms with Gasteiger partial charge in [-0.25, -0.2) is 4.79 Å². The first kappa shape index (κ1) is 25.9. The van der Waals surface area contributed by atoms with Crippen LogP contribution in [0.1, 0.15) is 38.8 Å². The minimum absolute atomic E-state index is 0.0350. The SMILES string of the molecule is C[C@H](OCc1ccccc1)[C@@H](NC(=O)OC(C)(C)C)C(=O)N[C@@H](Cc1ccccc1)C(=O)[O-]. The highest BCUT2D eigenvalue weighted by molar-refractivity contribution is 5.89. The molecule has 3 atom stereocenters. The molecule has 2 rings (SSSR count). The van der Waals surface area contributed by atoms with E-state index in [-0.39, 0.29) is 13.0 Å². The van der Waals surface area contributed by atoms with E-state index < -0.39 is 41.8 Å². The van der Waals surface area contributed by atoms with Gasteiger partial charge in [0.25, 0.3) is 0 Å². The number of rotatable bonds is 10. The maximum absolute atomic E-state index is 13.0. The molecule has 2 aromatic rings. The van der Waals surface area contributed by atoms with Crippen molar-refractivity contribution in [1.82, 2.24) is 10.6 Å². The Bertz CT molecular complexity index is 911. The van der Waals surface area contributed by atoms with Crippen LogP contribution in [0, 0.1) is 0 Å². The van der Waals surface area contributed by atoms with Crippen LogP contribution in [0.4, 0.5) is 4.79 Å². The van der Waals surface area contributed by atoms with Gasteiger partial charge in [0.1, 0.15) is 11.6 Å². The zero-order chi connectivity index (χ0) is 24.4. The van der Waals surface area contributed by atoms with Crippen molar-refractivity contribution in [2.24, 2.45) is 0 Å². The van der Waals surface area contributed by atoms with Crippen molar-refractivity contribution in [3.8, 4) is 0 Å². The summed E-state index contributed by atoms with van der Waals surface area (Å²) in [6, 6.07) is 15.7. The van der Waals surface area contributed by atoms with Crippen molar-refractivity contribution in [3.63, 3.8) is 0 Å². The molecule has 0 radical (unpaired) electrons. The van der Waals surface area contributed by atoms with Crippen LogP contribution in [-0.2, 0) is 32.1 Å². The van der Waals surface area contributed by atoms with E-state index in [0.717, 1.165) is 11.1 Å². The predicted octanol–water partition coefficient (Wildman–Crippen LogP) is 1.96. The third-order valence-corrected chi connectivity index (χ3v) is 4.66. The molecule has 0 aliphatic heterocycles. The number of carbonyl (C=O) groups is 3. The molecule has 0 aliphatic carbocycles. The van der Waals surface area contributed by atoms with Gasteiger partial charge in [-0.15, -0.1) is 0 Å². The quantitative estimate of drug-likeness (QED) is 0.566. The third kappa shape index (κ3) is 9.33. The van der Waals surface area contributed by atoms with Gasteiger partial charge < -0.3 is 30.0 Å². The molecule has 0 saturated carbocycles. The van der Waals surface area contributed by atoms with Gasteiger partial charge in [0.2, 0.25) is 5.91 Å². The van der Waals surface area contributed by atoms with Crippen LogP contribution >= 0.6 is 0 Å². The maximum atomic E-state index is 13.0. The first-order valence-corrected chi connectivity index (χ1v) is 10.8. The lowest BCUT2D eigenvalue weighted by Crippen LogP contribution is -2.58. The fourth-order valence-electron chi connectivity index (χ4n) is 3.03. The number of carboxylic acid groups (broad SMARTS) is 1. The molecule has 0 bridgehead atoms. The third-order valence-electron chi connectivity index (χ3n) is 4.66. The average Bonchev–Trinajstić information content (AvgIpc) is 2.75. The molecular weight excluding hydrogens is 424 g/mol. The van der Waals surface area contributed by atoms with Gasteiger partial charge in [-0.2, -0.15) is 0 Å². The monoisotopic (exact) mass is 455 g/mol. The number of carbonyl (C=O) groups excluding carboxylic acids is 3. The summed E-state index contributed by atoms with van der Waals surface area (Å²) < 4.78 is 11.1. The molecule has 0 spiro atoms. The van der Waals surface area contributed by atoms with E-state index in [2.05, 4.69) is 10.6 Å². The summed E-state index contributed by atoms with van der Waals surface area (Å²) >= 11 is 0. The van der Waals surface area contributed by atoms with Gasteiger partial charge in [0.15, 0.2) is 0 Å². The molecule has 0 aliphatic rings. The van der Waals surface area contributed by atoms with E-state index in [0.29, 0.717) is 0 Å². The van der Waals surface area contributed by atoms with Gasteiger partial charge in [-0.05, 0) is 45.2 Å². The number of hydrogen-bond acceptors (Lipinski definition) is 6. The Kier molecular flexibility index (Phi) is 9.42. The zero-order valence-corrected chi connectivity index (χ0v) is 19.4. The number of hydrogen-bond donors (Lipinski definition) is 2. The Morgan fingerprint density at radius 2 is 1.45 bits per heavy atom. The van der Waals surface area contributed by atoms with Crippen LogP contribution in [-0.4, -0.2) is 41.8 Å². The molecule has 33 heavy (non-hydrogen) atoms. The Morgan fingerprint density at radius 1 is 0.909 bits per heavy atom. The minimum Gasteiger partial charge on any atom is -0.548 e. The van der Waals surface area contributed by atoms with Crippen LogP contribution < -0.4 is 15.7 Å². The van der Waals surface area contributed by atoms with Crippen molar-refractivity contribution in [1.29, 1.82) is 0 Å². The average molecular weight is 456 g/mol. The van der Waals surface area contributed by atoms with E-state index >= 15 is 0 Å². The Hall–Kier alpha value is -3.39. The predicted molar refractivity (Wildman–Crippen MR) is 121 cm³/mol. The van der Waals surface area contributed by atoms with Gasteiger partial charge in [-0.3, -0.25) is 4.79 Å². The Balaban J connectivity index is 2.13. The van der Waals surface area contributed by atoms with E-state index in [4.69, 9.17) is 9.47 Å². The van der Waals surface area contributed by atoms with Crippen molar-refractivity contribution in [3.05, 3.63) is 71.8 Å². The Morgan fingerprint density at radius 3 is 1.97 bits per heavy atom.